The third-order valence-corrected chi connectivity index (χ3v) is 2.48. The molecular formula is C12H13N3O2. The van der Waals surface area contributed by atoms with Crippen molar-refractivity contribution < 1.29 is 9.59 Å². The number of carbonyl (C=O) groups is 2. The molecule has 1 N–H and O–H groups in total. The lowest BCUT2D eigenvalue weighted by Gasteiger charge is -2.14. The second kappa shape index (κ2) is 4.37. The number of carbonyl (C=O) groups excluding carboxylic acids is 2. The molecule has 0 aliphatic carbocycles. The highest BCUT2D eigenvalue weighted by molar-refractivity contribution is 6.19. The summed E-state index contributed by atoms with van der Waals surface area (Å²) < 4.78 is 0. The van der Waals surface area contributed by atoms with Gasteiger partial charge in [-0.1, -0.05) is 18.2 Å². The zero-order valence-electron chi connectivity index (χ0n) is 9.68. The topological polar surface area (TPSA) is 61.8 Å². The Balaban J connectivity index is 2.24. The van der Waals surface area contributed by atoms with Crippen LogP contribution >= 0.6 is 0 Å². The van der Waals surface area contributed by atoms with Crippen molar-refractivity contribution in [3.63, 3.8) is 0 Å². The number of rotatable bonds is 2. The number of nitrogens with zero attached hydrogens (tertiary/aromatic N) is 2. The molecule has 2 amide bonds. The molecule has 5 heteroatoms. The summed E-state index contributed by atoms with van der Waals surface area (Å²) in [6.07, 6.45) is 0. The van der Waals surface area contributed by atoms with E-state index in [0.29, 0.717) is 11.4 Å². The summed E-state index contributed by atoms with van der Waals surface area (Å²) in [6, 6.07) is 8.48. The predicted octanol–water partition coefficient (Wildman–Crippen LogP) is 0.914. The average molecular weight is 231 g/mol. The van der Waals surface area contributed by atoms with E-state index in [9.17, 15) is 9.59 Å². The number of hydrogen-bond acceptors (Lipinski definition) is 3. The molecule has 1 aliphatic heterocycles. The first-order valence-electron chi connectivity index (χ1n) is 5.31. The predicted molar refractivity (Wildman–Crippen MR) is 64.6 cm³/mol. The molecule has 0 unspecified atom stereocenters. The van der Waals surface area contributed by atoms with Crippen molar-refractivity contribution in [3.05, 3.63) is 30.3 Å². The van der Waals surface area contributed by atoms with Crippen LogP contribution in [0.1, 0.15) is 13.8 Å². The van der Waals surface area contributed by atoms with Crippen LogP contribution in [0.3, 0.4) is 0 Å². The fourth-order valence-electron chi connectivity index (χ4n) is 1.69. The Morgan fingerprint density at radius 3 is 2.59 bits per heavy atom. The van der Waals surface area contributed by atoms with Crippen molar-refractivity contribution in [2.45, 2.75) is 19.9 Å². The van der Waals surface area contributed by atoms with E-state index >= 15 is 0 Å². The third kappa shape index (κ3) is 2.18. The molecule has 1 aromatic carbocycles. The molecule has 0 fully saturated rings. The Kier molecular flexibility index (Phi) is 2.91. The molecule has 1 aliphatic rings. The number of nitrogens with one attached hydrogen (secondary N) is 1. The molecule has 0 radical (unpaired) electrons. The number of hydrogen-bond donors (Lipinski definition) is 1. The average Bonchev–Trinajstić information content (AvgIpc) is 2.58. The van der Waals surface area contributed by atoms with Crippen LogP contribution in [0.15, 0.2) is 35.4 Å². The van der Waals surface area contributed by atoms with E-state index < -0.39 is 6.04 Å². The van der Waals surface area contributed by atoms with Crippen LogP contribution in [0.5, 0.6) is 0 Å². The monoisotopic (exact) mass is 231 g/mol. The minimum Gasteiger partial charge on any atom is -0.340 e. The molecule has 2 rings (SSSR count). The number of anilines is 1. The Morgan fingerprint density at radius 2 is 2.00 bits per heavy atom. The normalized spacial score (nSPS) is 19.2. The molecule has 0 saturated heterocycles. The molecule has 17 heavy (non-hydrogen) atoms. The molecule has 5 nitrogen and oxygen atoms in total. The van der Waals surface area contributed by atoms with Gasteiger partial charge in [0.1, 0.15) is 0 Å². The summed E-state index contributed by atoms with van der Waals surface area (Å²) in [7, 11) is 0. The van der Waals surface area contributed by atoms with Crippen molar-refractivity contribution in [2.24, 2.45) is 5.10 Å². The summed E-state index contributed by atoms with van der Waals surface area (Å²) in [6.45, 7) is 3.10. The summed E-state index contributed by atoms with van der Waals surface area (Å²) in [5.74, 6) is -0.475. The van der Waals surface area contributed by atoms with Crippen molar-refractivity contribution in [1.29, 1.82) is 0 Å². The van der Waals surface area contributed by atoms with Gasteiger partial charge in [0.25, 0.3) is 5.91 Å². The number of para-hydroxylation sites is 1. The zero-order chi connectivity index (χ0) is 12.4. The molecule has 0 saturated carbocycles. The van der Waals surface area contributed by atoms with E-state index in [1.165, 1.54) is 11.9 Å². The van der Waals surface area contributed by atoms with E-state index in [1.807, 2.05) is 18.2 Å². The smallest absolute Gasteiger partial charge is 0.275 e. The van der Waals surface area contributed by atoms with Gasteiger partial charge >= 0.3 is 0 Å². The van der Waals surface area contributed by atoms with Crippen molar-refractivity contribution in [1.82, 2.24) is 5.32 Å². The van der Waals surface area contributed by atoms with Gasteiger partial charge < -0.3 is 5.32 Å². The maximum Gasteiger partial charge on any atom is 0.275 e. The van der Waals surface area contributed by atoms with Crippen molar-refractivity contribution >= 4 is 23.2 Å². The maximum absolute atomic E-state index is 12.0. The lowest BCUT2D eigenvalue weighted by Crippen LogP contribution is -2.44. The number of amides is 2. The van der Waals surface area contributed by atoms with Gasteiger partial charge in [0.05, 0.1) is 11.4 Å². The Labute approximate surface area is 99.1 Å². The van der Waals surface area contributed by atoms with Gasteiger partial charge in [0.2, 0.25) is 5.91 Å². The molecule has 1 atom stereocenters. The summed E-state index contributed by atoms with van der Waals surface area (Å²) in [5.41, 5.74) is 1.29. The standard InChI is InChI=1S/C12H13N3O2/c1-8-11(13-9(2)16)12(17)15(14-8)10-6-4-3-5-7-10/h3-7,11H,1-2H3,(H,13,16)/t11-/m0/s1. The van der Waals surface area contributed by atoms with E-state index in [4.69, 9.17) is 0 Å². The van der Waals surface area contributed by atoms with E-state index in [-0.39, 0.29) is 11.8 Å². The van der Waals surface area contributed by atoms with Crippen LogP contribution in [0.4, 0.5) is 5.69 Å². The molecule has 88 valence electrons. The van der Waals surface area contributed by atoms with Crippen molar-refractivity contribution in [3.8, 4) is 0 Å². The van der Waals surface area contributed by atoms with Gasteiger partial charge in [-0.05, 0) is 19.1 Å². The Morgan fingerprint density at radius 1 is 1.35 bits per heavy atom. The zero-order valence-corrected chi connectivity index (χ0v) is 9.68. The van der Waals surface area contributed by atoms with Gasteiger partial charge in [0.15, 0.2) is 6.04 Å². The van der Waals surface area contributed by atoms with Crippen LogP contribution in [0.25, 0.3) is 0 Å². The first kappa shape index (κ1) is 11.3. The highest BCUT2D eigenvalue weighted by atomic mass is 16.2. The lowest BCUT2D eigenvalue weighted by molar-refractivity contribution is -0.124. The quantitative estimate of drug-likeness (QED) is 0.822. The SMILES string of the molecule is CC(=O)N[C@@H]1C(=O)N(c2ccccc2)N=C1C. The third-order valence-electron chi connectivity index (χ3n) is 2.48. The van der Waals surface area contributed by atoms with Gasteiger partial charge in [-0.2, -0.15) is 10.1 Å². The van der Waals surface area contributed by atoms with Gasteiger partial charge in [-0.25, -0.2) is 0 Å². The minimum absolute atomic E-state index is 0.232. The largest absolute Gasteiger partial charge is 0.340 e. The van der Waals surface area contributed by atoms with Crippen molar-refractivity contribution in [2.75, 3.05) is 5.01 Å². The van der Waals surface area contributed by atoms with E-state index in [2.05, 4.69) is 10.4 Å². The molecular weight excluding hydrogens is 218 g/mol. The van der Waals surface area contributed by atoms with Gasteiger partial charge in [-0.15, -0.1) is 0 Å². The summed E-state index contributed by atoms with van der Waals surface area (Å²) >= 11 is 0. The molecule has 0 spiro atoms. The second-order valence-corrected chi connectivity index (χ2v) is 3.86. The van der Waals surface area contributed by atoms with Crippen LogP contribution in [0.2, 0.25) is 0 Å². The number of benzene rings is 1. The molecule has 0 aromatic heterocycles. The fourth-order valence-corrected chi connectivity index (χ4v) is 1.69. The highest BCUT2D eigenvalue weighted by Gasteiger charge is 2.34. The van der Waals surface area contributed by atoms with Gasteiger partial charge in [-0.3, -0.25) is 9.59 Å². The summed E-state index contributed by atoms with van der Waals surface area (Å²) in [4.78, 5) is 23.0. The van der Waals surface area contributed by atoms with E-state index in [0.717, 1.165) is 0 Å². The maximum atomic E-state index is 12.0. The Hall–Kier alpha value is -2.17. The molecule has 0 bridgehead atoms. The van der Waals surface area contributed by atoms with Crippen LogP contribution in [-0.2, 0) is 9.59 Å². The second-order valence-electron chi connectivity index (χ2n) is 3.86. The molecule has 1 heterocycles. The minimum atomic E-state index is -0.646. The van der Waals surface area contributed by atoms with Crippen LogP contribution in [0, 0.1) is 0 Å². The highest BCUT2D eigenvalue weighted by Crippen LogP contribution is 2.19. The lowest BCUT2D eigenvalue weighted by atomic mass is 10.2. The van der Waals surface area contributed by atoms with Crippen LogP contribution in [-0.4, -0.2) is 23.6 Å². The first-order chi connectivity index (χ1) is 8.09. The first-order valence-corrected chi connectivity index (χ1v) is 5.31. The van der Waals surface area contributed by atoms with Crippen LogP contribution < -0.4 is 10.3 Å². The van der Waals surface area contributed by atoms with Gasteiger partial charge in [0, 0.05) is 6.92 Å². The molecule has 1 aromatic rings. The van der Waals surface area contributed by atoms with E-state index in [1.54, 1.807) is 19.1 Å². The fraction of sp³-hybridized carbons (Fsp3) is 0.250. The Bertz CT molecular complexity index is 482. The summed E-state index contributed by atoms with van der Waals surface area (Å²) in [5, 5.41) is 8.06. The number of hydrazone groups is 1.